The van der Waals surface area contributed by atoms with Crippen LogP contribution in [0.2, 0.25) is 0 Å². The first kappa shape index (κ1) is 17.8. The van der Waals surface area contributed by atoms with Gasteiger partial charge in [0.15, 0.2) is 0 Å². The lowest BCUT2D eigenvalue weighted by Gasteiger charge is -2.18. The maximum atomic E-state index is 12.4. The zero-order chi connectivity index (χ0) is 18.5. The zero-order valence-electron chi connectivity index (χ0n) is 15.0. The van der Waals surface area contributed by atoms with Gasteiger partial charge in [-0.3, -0.25) is 9.59 Å². The summed E-state index contributed by atoms with van der Waals surface area (Å²) in [7, 11) is 1.91. The second kappa shape index (κ2) is 7.95. The number of aromatic amines is 1. The van der Waals surface area contributed by atoms with Crippen LogP contribution in [0.3, 0.4) is 0 Å². The van der Waals surface area contributed by atoms with Crippen LogP contribution in [-0.4, -0.2) is 25.4 Å². The van der Waals surface area contributed by atoms with Crippen LogP contribution in [-0.2, 0) is 18.3 Å². The summed E-state index contributed by atoms with van der Waals surface area (Å²) < 4.78 is 1.91. The van der Waals surface area contributed by atoms with Gasteiger partial charge in [-0.05, 0) is 18.6 Å². The van der Waals surface area contributed by atoms with Crippen molar-refractivity contribution in [2.75, 3.05) is 0 Å². The van der Waals surface area contributed by atoms with Crippen molar-refractivity contribution in [3.05, 3.63) is 58.5 Å². The molecule has 2 heterocycles. The number of amides is 1. The second-order valence-electron chi connectivity index (χ2n) is 6.33. The Bertz CT molecular complexity index is 960. The number of carbonyl (C=O) groups excluding carboxylic acids is 1. The van der Waals surface area contributed by atoms with E-state index in [1.54, 1.807) is 6.20 Å². The Morgan fingerprint density at radius 2 is 2.15 bits per heavy atom. The summed E-state index contributed by atoms with van der Waals surface area (Å²) in [4.78, 5) is 36.1. The van der Waals surface area contributed by atoms with Gasteiger partial charge in [-0.25, -0.2) is 9.97 Å². The molecule has 1 amide bonds. The van der Waals surface area contributed by atoms with Gasteiger partial charge in [-0.2, -0.15) is 0 Å². The molecule has 0 aliphatic heterocycles. The molecule has 1 atom stereocenters. The van der Waals surface area contributed by atoms with Crippen molar-refractivity contribution < 1.29 is 4.79 Å². The molecule has 0 aliphatic carbocycles. The highest BCUT2D eigenvalue weighted by Crippen LogP contribution is 2.16. The van der Waals surface area contributed by atoms with E-state index >= 15 is 0 Å². The minimum Gasteiger partial charge on any atom is -0.346 e. The number of H-pyrrole nitrogens is 1. The van der Waals surface area contributed by atoms with Crippen LogP contribution in [0.25, 0.3) is 11.0 Å². The van der Waals surface area contributed by atoms with E-state index in [4.69, 9.17) is 0 Å². The van der Waals surface area contributed by atoms with Gasteiger partial charge in [0.05, 0.1) is 17.1 Å². The molecule has 136 valence electrons. The highest BCUT2D eigenvalue weighted by molar-refractivity contribution is 5.77. The number of benzene rings is 1. The number of aromatic nitrogens is 4. The highest BCUT2D eigenvalue weighted by Gasteiger charge is 2.18. The summed E-state index contributed by atoms with van der Waals surface area (Å²) in [6.07, 6.45) is 5.84. The van der Waals surface area contributed by atoms with Crippen molar-refractivity contribution in [1.29, 1.82) is 0 Å². The van der Waals surface area contributed by atoms with Gasteiger partial charge in [0.2, 0.25) is 5.91 Å². The molecular weight excluding hydrogens is 330 g/mol. The van der Waals surface area contributed by atoms with E-state index in [9.17, 15) is 9.59 Å². The number of nitrogens with one attached hydrogen (secondary N) is 2. The number of imidazole rings is 1. The molecule has 1 aromatic carbocycles. The first-order chi connectivity index (χ1) is 12.6. The topological polar surface area (TPSA) is 92.7 Å². The van der Waals surface area contributed by atoms with Crippen LogP contribution in [0.4, 0.5) is 0 Å². The van der Waals surface area contributed by atoms with Crippen molar-refractivity contribution >= 4 is 16.9 Å². The highest BCUT2D eigenvalue weighted by atomic mass is 16.1. The largest absolute Gasteiger partial charge is 0.346 e. The first-order valence-corrected chi connectivity index (χ1v) is 8.83. The summed E-state index contributed by atoms with van der Waals surface area (Å²) in [5.41, 5.74) is 1.55. The first-order valence-electron chi connectivity index (χ1n) is 8.83. The van der Waals surface area contributed by atoms with Gasteiger partial charge in [0.25, 0.3) is 5.56 Å². The van der Waals surface area contributed by atoms with E-state index in [0.29, 0.717) is 17.6 Å². The van der Waals surface area contributed by atoms with Gasteiger partial charge >= 0.3 is 0 Å². The number of rotatable bonds is 7. The molecule has 0 saturated heterocycles. The van der Waals surface area contributed by atoms with Crippen LogP contribution < -0.4 is 10.9 Å². The fraction of sp³-hybridized carbons (Fsp3) is 0.368. The number of nitrogens with zero attached hydrogens (tertiary/aromatic N) is 3. The fourth-order valence-corrected chi connectivity index (χ4v) is 3.00. The van der Waals surface area contributed by atoms with Gasteiger partial charge in [-0.1, -0.05) is 25.5 Å². The average Bonchev–Trinajstić information content (AvgIpc) is 3.05. The predicted octanol–water partition coefficient (Wildman–Crippen LogP) is 2.25. The van der Waals surface area contributed by atoms with Crippen molar-refractivity contribution in [2.45, 2.75) is 38.6 Å². The summed E-state index contributed by atoms with van der Waals surface area (Å²) >= 11 is 0. The predicted molar refractivity (Wildman–Crippen MR) is 99.7 cm³/mol. The molecule has 0 fully saturated rings. The van der Waals surface area contributed by atoms with E-state index < -0.39 is 0 Å². The van der Waals surface area contributed by atoms with Crippen molar-refractivity contribution in [1.82, 2.24) is 24.8 Å². The molecule has 0 spiro atoms. The maximum Gasteiger partial charge on any atom is 0.270 e. The lowest BCUT2D eigenvalue weighted by Crippen LogP contribution is -2.31. The van der Waals surface area contributed by atoms with Crippen LogP contribution in [0.15, 0.2) is 41.5 Å². The Morgan fingerprint density at radius 3 is 2.88 bits per heavy atom. The molecule has 2 N–H and O–H groups in total. The summed E-state index contributed by atoms with van der Waals surface area (Å²) in [5.74, 6) is 0.725. The molecule has 3 aromatic rings. The number of hydrogen-bond acceptors (Lipinski definition) is 4. The number of aryl methyl sites for hydroxylation is 2. The van der Waals surface area contributed by atoms with E-state index in [-0.39, 0.29) is 23.9 Å². The van der Waals surface area contributed by atoms with Crippen LogP contribution in [0.5, 0.6) is 0 Å². The molecular formula is C19H23N5O2. The normalized spacial score (nSPS) is 12.2. The molecule has 0 aliphatic rings. The molecule has 0 bridgehead atoms. The van der Waals surface area contributed by atoms with E-state index in [2.05, 4.69) is 27.2 Å². The van der Waals surface area contributed by atoms with Gasteiger partial charge in [0.1, 0.15) is 11.5 Å². The van der Waals surface area contributed by atoms with E-state index in [0.717, 1.165) is 24.2 Å². The average molecular weight is 353 g/mol. The van der Waals surface area contributed by atoms with Crippen LogP contribution >= 0.6 is 0 Å². The van der Waals surface area contributed by atoms with Gasteiger partial charge in [-0.15, -0.1) is 0 Å². The monoisotopic (exact) mass is 353 g/mol. The van der Waals surface area contributed by atoms with Gasteiger partial charge < -0.3 is 14.9 Å². The Hall–Kier alpha value is -2.96. The third-order valence-electron chi connectivity index (χ3n) is 4.34. The van der Waals surface area contributed by atoms with Crippen molar-refractivity contribution in [2.24, 2.45) is 7.05 Å². The minimum atomic E-state index is -0.245. The molecule has 3 rings (SSSR count). The molecule has 0 radical (unpaired) electrons. The zero-order valence-corrected chi connectivity index (χ0v) is 15.0. The Kier molecular flexibility index (Phi) is 5.46. The Morgan fingerprint density at radius 1 is 1.35 bits per heavy atom. The standard InChI is InChI=1S/C19H23N5O2/c1-3-6-15(18-20-11-12-24(18)2)22-17(25)10-9-16-19(26)23-14-8-5-4-7-13(14)21-16/h4-5,7-8,11-12,15H,3,6,9-10H2,1-2H3,(H,22,25)(H,23,26). The third kappa shape index (κ3) is 3.99. The quantitative estimate of drug-likeness (QED) is 0.681. The number of carbonyl (C=O) groups is 1. The Balaban J connectivity index is 1.67. The second-order valence-corrected chi connectivity index (χ2v) is 6.33. The van der Waals surface area contributed by atoms with Crippen LogP contribution in [0.1, 0.15) is 43.7 Å². The smallest absolute Gasteiger partial charge is 0.270 e. The molecule has 0 saturated carbocycles. The number of hydrogen-bond donors (Lipinski definition) is 2. The lowest BCUT2D eigenvalue weighted by molar-refractivity contribution is -0.121. The summed E-state index contributed by atoms with van der Waals surface area (Å²) in [6, 6.07) is 7.23. The molecule has 26 heavy (non-hydrogen) atoms. The fourth-order valence-electron chi connectivity index (χ4n) is 3.00. The van der Waals surface area contributed by atoms with Crippen molar-refractivity contribution in [3.8, 4) is 0 Å². The van der Waals surface area contributed by atoms with Gasteiger partial charge in [0, 0.05) is 32.3 Å². The van der Waals surface area contributed by atoms with Crippen molar-refractivity contribution in [3.63, 3.8) is 0 Å². The SMILES string of the molecule is CCCC(NC(=O)CCc1nc2ccccc2[nH]c1=O)c1nccn1C. The Labute approximate surface area is 151 Å². The maximum absolute atomic E-state index is 12.4. The number of fused-ring (bicyclic) bond motifs is 1. The molecule has 2 aromatic heterocycles. The molecule has 7 heteroatoms. The summed E-state index contributed by atoms with van der Waals surface area (Å²) in [5, 5.41) is 3.03. The summed E-state index contributed by atoms with van der Waals surface area (Å²) in [6.45, 7) is 2.07. The lowest BCUT2D eigenvalue weighted by atomic mass is 10.1. The number of para-hydroxylation sites is 2. The van der Waals surface area contributed by atoms with Crippen LogP contribution in [0, 0.1) is 0 Å². The van der Waals surface area contributed by atoms with E-state index in [1.807, 2.05) is 42.1 Å². The third-order valence-corrected chi connectivity index (χ3v) is 4.34. The van der Waals surface area contributed by atoms with E-state index in [1.165, 1.54) is 0 Å². The molecule has 7 nitrogen and oxygen atoms in total. The molecule has 1 unspecified atom stereocenters. The minimum absolute atomic E-state index is 0.110.